The number of aliphatic hydroxyl groups excluding tert-OH is 1. The SMILES string of the molecule is CN1C2CC(CO)CC1C2. The molecular weight excluding hydrogens is 126 g/mol. The van der Waals surface area contributed by atoms with Crippen LogP contribution in [-0.4, -0.2) is 35.7 Å². The molecule has 0 amide bonds. The van der Waals surface area contributed by atoms with Crippen molar-refractivity contribution in [2.24, 2.45) is 5.92 Å². The maximum absolute atomic E-state index is 8.90. The monoisotopic (exact) mass is 141 g/mol. The first kappa shape index (κ1) is 6.62. The molecular formula is C8H15NO. The molecule has 10 heavy (non-hydrogen) atoms. The quantitative estimate of drug-likeness (QED) is 0.573. The maximum Gasteiger partial charge on any atom is 0.0460 e. The number of rotatable bonds is 1. The van der Waals surface area contributed by atoms with Crippen molar-refractivity contribution in [3.05, 3.63) is 0 Å². The van der Waals surface area contributed by atoms with Crippen molar-refractivity contribution in [1.29, 1.82) is 0 Å². The molecule has 0 aromatic carbocycles. The molecule has 0 aromatic heterocycles. The summed E-state index contributed by atoms with van der Waals surface area (Å²) in [6.45, 7) is 0.404. The van der Waals surface area contributed by atoms with E-state index < -0.39 is 0 Å². The van der Waals surface area contributed by atoms with Gasteiger partial charge in [-0.3, -0.25) is 0 Å². The summed E-state index contributed by atoms with van der Waals surface area (Å²) in [5, 5.41) is 8.90. The molecule has 0 radical (unpaired) electrons. The van der Waals surface area contributed by atoms with Crippen LogP contribution in [0.15, 0.2) is 0 Å². The fraction of sp³-hybridized carbons (Fsp3) is 1.00. The molecule has 2 aliphatic heterocycles. The lowest BCUT2D eigenvalue weighted by atomic mass is 9.74. The van der Waals surface area contributed by atoms with Crippen molar-refractivity contribution < 1.29 is 5.11 Å². The van der Waals surface area contributed by atoms with E-state index in [1.54, 1.807) is 0 Å². The highest BCUT2D eigenvalue weighted by Gasteiger charge is 2.42. The molecule has 3 aliphatic rings. The van der Waals surface area contributed by atoms with Crippen LogP contribution in [0.2, 0.25) is 0 Å². The molecule has 1 aliphatic carbocycles. The zero-order valence-corrected chi connectivity index (χ0v) is 6.45. The van der Waals surface area contributed by atoms with E-state index in [1.165, 1.54) is 19.3 Å². The Labute approximate surface area is 61.8 Å². The van der Waals surface area contributed by atoms with Gasteiger partial charge in [-0.2, -0.15) is 0 Å². The standard InChI is InChI=1S/C8H15NO/c1-9-7-2-6(5-10)3-8(9)4-7/h6-8,10H,2-5H2,1H3. The molecule has 0 spiro atoms. The van der Waals surface area contributed by atoms with Crippen molar-refractivity contribution in [2.45, 2.75) is 31.3 Å². The molecule has 2 bridgehead atoms. The van der Waals surface area contributed by atoms with E-state index in [4.69, 9.17) is 5.11 Å². The normalized spacial score (nSPS) is 46.8. The van der Waals surface area contributed by atoms with Crippen molar-refractivity contribution in [3.63, 3.8) is 0 Å². The summed E-state index contributed by atoms with van der Waals surface area (Å²) in [7, 11) is 2.20. The van der Waals surface area contributed by atoms with Crippen LogP contribution in [0.1, 0.15) is 19.3 Å². The highest BCUT2D eigenvalue weighted by Crippen LogP contribution is 2.39. The molecule has 2 saturated heterocycles. The molecule has 1 N–H and O–H groups in total. The molecule has 2 heterocycles. The zero-order valence-electron chi connectivity index (χ0n) is 6.45. The number of hydrogen-bond donors (Lipinski definition) is 1. The molecule has 3 fully saturated rings. The fourth-order valence-electron chi connectivity index (χ4n) is 2.35. The van der Waals surface area contributed by atoms with Crippen molar-refractivity contribution in [2.75, 3.05) is 13.7 Å². The van der Waals surface area contributed by atoms with E-state index in [1.807, 2.05) is 0 Å². The first-order valence-electron chi connectivity index (χ1n) is 4.14. The summed E-state index contributed by atoms with van der Waals surface area (Å²) in [6.07, 6.45) is 3.83. The number of piperidine rings is 1. The summed E-state index contributed by atoms with van der Waals surface area (Å²) in [4.78, 5) is 2.45. The van der Waals surface area contributed by atoms with E-state index in [-0.39, 0.29) is 0 Å². The van der Waals surface area contributed by atoms with Gasteiger partial charge in [-0.25, -0.2) is 0 Å². The Hall–Kier alpha value is -0.0800. The summed E-state index contributed by atoms with van der Waals surface area (Å²) < 4.78 is 0. The van der Waals surface area contributed by atoms with Crippen LogP contribution in [0.25, 0.3) is 0 Å². The van der Waals surface area contributed by atoms with Crippen LogP contribution in [-0.2, 0) is 0 Å². The molecule has 2 unspecified atom stereocenters. The number of aliphatic hydroxyl groups is 1. The summed E-state index contributed by atoms with van der Waals surface area (Å²) in [6, 6.07) is 1.60. The van der Waals surface area contributed by atoms with Gasteiger partial charge in [0.25, 0.3) is 0 Å². The van der Waals surface area contributed by atoms with Gasteiger partial charge in [0.2, 0.25) is 0 Å². The largest absolute Gasteiger partial charge is 0.396 e. The maximum atomic E-state index is 8.90. The van der Waals surface area contributed by atoms with E-state index >= 15 is 0 Å². The smallest absolute Gasteiger partial charge is 0.0460 e. The minimum atomic E-state index is 0.404. The second kappa shape index (κ2) is 2.21. The molecule has 3 rings (SSSR count). The predicted octanol–water partition coefficient (Wildman–Crippen LogP) is 0.461. The molecule has 2 heteroatoms. The highest BCUT2D eigenvalue weighted by atomic mass is 16.3. The lowest BCUT2D eigenvalue weighted by Crippen LogP contribution is -2.58. The number of nitrogens with zero attached hydrogens (tertiary/aromatic N) is 1. The van der Waals surface area contributed by atoms with Crippen LogP contribution in [0.3, 0.4) is 0 Å². The Kier molecular flexibility index (Phi) is 1.46. The summed E-state index contributed by atoms with van der Waals surface area (Å²) in [5.41, 5.74) is 0. The van der Waals surface area contributed by atoms with E-state index in [0.717, 1.165) is 12.1 Å². The van der Waals surface area contributed by atoms with Crippen molar-refractivity contribution in [3.8, 4) is 0 Å². The Balaban J connectivity index is 1.93. The Morgan fingerprint density at radius 3 is 2.30 bits per heavy atom. The Bertz CT molecular complexity index is 125. The Morgan fingerprint density at radius 1 is 1.30 bits per heavy atom. The van der Waals surface area contributed by atoms with Crippen molar-refractivity contribution >= 4 is 0 Å². The van der Waals surface area contributed by atoms with Crippen LogP contribution in [0, 0.1) is 5.92 Å². The van der Waals surface area contributed by atoms with Gasteiger partial charge < -0.3 is 10.0 Å². The average molecular weight is 141 g/mol. The van der Waals surface area contributed by atoms with E-state index in [0.29, 0.717) is 12.5 Å². The van der Waals surface area contributed by atoms with Crippen molar-refractivity contribution in [1.82, 2.24) is 4.90 Å². The lowest BCUT2D eigenvalue weighted by Gasteiger charge is -2.53. The molecule has 2 atom stereocenters. The van der Waals surface area contributed by atoms with Gasteiger partial charge in [0.15, 0.2) is 0 Å². The fourth-order valence-corrected chi connectivity index (χ4v) is 2.35. The van der Waals surface area contributed by atoms with E-state index in [2.05, 4.69) is 11.9 Å². The van der Waals surface area contributed by atoms with Gasteiger partial charge in [0, 0.05) is 18.7 Å². The average Bonchev–Trinajstić information content (AvgIpc) is 2.04. The lowest BCUT2D eigenvalue weighted by molar-refractivity contribution is -0.0421. The van der Waals surface area contributed by atoms with E-state index in [9.17, 15) is 0 Å². The Morgan fingerprint density at radius 2 is 1.90 bits per heavy atom. The second-order valence-electron chi connectivity index (χ2n) is 3.73. The topological polar surface area (TPSA) is 23.5 Å². The van der Waals surface area contributed by atoms with Gasteiger partial charge in [-0.1, -0.05) is 0 Å². The first-order chi connectivity index (χ1) is 4.81. The van der Waals surface area contributed by atoms with Gasteiger partial charge in [0.05, 0.1) is 0 Å². The molecule has 2 nitrogen and oxygen atoms in total. The minimum Gasteiger partial charge on any atom is -0.396 e. The third-order valence-electron chi connectivity index (χ3n) is 3.17. The third-order valence-corrected chi connectivity index (χ3v) is 3.17. The van der Waals surface area contributed by atoms with Gasteiger partial charge in [0.1, 0.15) is 0 Å². The summed E-state index contributed by atoms with van der Waals surface area (Å²) >= 11 is 0. The number of hydrogen-bond acceptors (Lipinski definition) is 2. The van der Waals surface area contributed by atoms with Crippen LogP contribution >= 0.6 is 0 Å². The predicted molar refractivity (Wildman–Crippen MR) is 39.8 cm³/mol. The molecule has 0 aromatic rings. The molecule has 1 saturated carbocycles. The van der Waals surface area contributed by atoms with Crippen LogP contribution < -0.4 is 0 Å². The van der Waals surface area contributed by atoms with Crippen LogP contribution in [0.4, 0.5) is 0 Å². The minimum absolute atomic E-state index is 0.404. The highest BCUT2D eigenvalue weighted by molar-refractivity contribution is 4.97. The first-order valence-corrected chi connectivity index (χ1v) is 4.14. The van der Waals surface area contributed by atoms with Crippen LogP contribution in [0.5, 0.6) is 0 Å². The zero-order chi connectivity index (χ0) is 7.14. The second-order valence-corrected chi connectivity index (χ2v) is 3.73. The van der Waals surface area contributed by atoms with Gasteiger partial charge >= 0.3 is 0 Å². The number of fused-ring (bicyclic) bond motifs is 2. The summed E-state index contributed by atoms with van der Waals surface area (Å²) in [5.74, 6) is 0.611. The van der Waals surface area contributed by atoms with Gasteiger partial charge in [-0.05, 0) is 32.2 Å². The van der Waals surface area contributed by atoms with Gasteiger partial charge in [-0.15, -0.1) is 0 Å². The molecule has 58 valence electrons. The third kappa shape index (κ3) is 0.789.